The monoisotopic (exact) mass is 301 g/mol. The summed E-state index contributed by atoms with van der Waals surface area (Å²) < 4.78 is 6.24. The lowest BCUT2D eigenvalue weighted by molar-refractivity contribution is -0.146. The van der Waals surface area contributed by atoms with Crippen molar-refractivity contribution in [2.45, 2.75) is 19.9 Å². The van der Waals surface area contributed by atoms with Crippen LogP contribution in [0.4, 0.5) is 0 Å². The highest BCUT2D eigenvalue weighted by Gasteiger charge is 2.37. The second kappa shape index (κ2) is 4.82. The van der Waals surface area contributed by atoms with Crippen LogP contribution in [0, 0.1) is 11.8 Å². The van der Waals surface area contributed by atoms with Gasteiger partial charge in [0, 0.05) is 13.1 Å². The largest absolute Gasteiger partial charge is 0.481 e. The van der Waals surface area contributed by atoms with Gasteiger partial charge < -0.3 is 9.52 Å². The predicted octanol–water partition coefficient (Wildman–Crippen LogP) is 2.76. The number of likely N-dealkylation sites (tertiary alicyclic amines) is 1. The van der Waals surface area contributed by atoms with Crippen LogP contribution in [0.15, 0.2) is 21.2 Å². The van der Waals surface area contributed by atoms with Crippen molar-refractivity contribution in [3.05, 3.63) is 22.6 Å². The molecule has 1 aromatic heterocycles. The lowest BCUT2D eigenvalue weighted by atomic mass is 9.86. The molecule has 0 amide bonds. The molecule has 1 N–H and O–H groups in total. The van der Waals surface area contributed by atoms with E-state index in [0.29, 0.717) is 0 Å². The van der Waals surface area contributed by atoms with Crippen LogP contribution in [0.1, 0.15) is 25.6 Å². The van der Waals surface area contributed by atoms with Gasteiger partial charge in [-0.1, -0.05) is 6.92 Å². The number of carbonyl (C=O) groups is 1. The number of carboxylic acid groups (broad SMARTS) is 1. The van der Waals surface area contributed by atoms with Crippen molar-refractivity contribution in [2.75, 3.05) is 13.1 Å². The molecule has 1 aliphatic heterocycles. The van der Waals surface area contributed by atoms with Crippen molar-refractivity contribution in [1.29, 1.82) is 0 Å². The molecule has 1 aromatic rings. The molecule has 2 unspecified atom stereocenters. The van der Waals surface area contributed by atoms with E-state index in [1.54, 1.807) is 6.92 Å². The molecule has 0 radical (unpaired) electrons. The van der Waals surface area contributed by atoms with Crippen molar-refractivity contribution in [3.8, 4) is 0 Å². The van der Waals surface area contributed by atoms with E-state index in [0.717, 1.165) is 23.5 Å². The average molecular weight is 302 g/mol. The van der Waals surface area contributed by atoms with Crippen LogP contribution in [0.2, 0.25) is 0 Å². The molecule has 2 rings (SSSR count). The third-order valence-corrected chi connectivity index (χ3v) is 4.01. The summed E-state index contributed by atoms with van der Waals surface area (Å²) in [6.07, 6.45) is 0. The van der Waals surface area contributed by atoms with Gasteiger partial charge in [0.1, 0.15) is 5.76 Å². The topological polar surface area (TPSA) is 53.7 Å². The number of carboxylic acids is 1. The van der Waals surface area contributed by atoms with Gasteiger partial charge >= 0.3 is 5.97 Å². The fourth-order valence-electron chi connectivity index (χ4n) is 2.12. The predicted molar refractivity (Wildman–Crippen MR) is 66.7 cm³/mol. The number of hydrogen-bond donors (Lipinski definition) is 1. The molecule has 2 heterocycles. The summed E-state index contributed by atoms with van der Waals surface area (Å²) in [4.78, 5) is 13.1. The number of hydrogen-bond acceptors (Lipinski definition) is 3. The van der Waals surface area contributed by atoms with E-state index >= 15 is 0 Å². The lowest BCUT2D eigenvalue weighted by Gasteiger charge is -2.44. The normalized spacial score (nSPS) is 20.9. The maximum atomic E-state index is 10.8. The molecule has 0 aliphatic carbocycles. The Morgan fingerprint density at radius 2 is 2.18 bits per heavy atom. The minimum Gasteiger partial charge on any atom is -0.481 e. The molecule has 94 valence electrons. The summed E-state index contributed by atoms with van der Waals surface area (Å²) in [6, 6.07) is 4.03. The van der Waals surface area contributed by atoms with Gasteiger partial charge in [-0.3, -0.25) is 9.69 Å². The molecule has 1 aliphatic rings. The Morgan fingerprint density at radius 1 is 1.53 bits per heavy atom. The van der Waals surface area contributed by atoms with Crippen molar-refractivity contribution in [3.63, 3.8) is 0 Å². The van der Waals surface area contributed by atoms with Crippen LogP contribution in [0.5, 0.6) is 0 Å². The van der Waals surface area contributed by atoms with Crippen molar-refractivity contribution < 1.29 is 14.3 Å². The maximum absolute atomic E-state index is 10.8. The fourth-order valence-corrected chi connectivity index (χ4v) is 2.43. The zero-order valence-corrected chi connectivity index (χ0v) is 11.5. The van der Waals surface area contributed by atoms with Gasteiger partial charge in [-0.05, 0) is 40.9 Å². The average Bonchev–Trinajstić information content (AvgIpc) is 2.62. The fraction of sp³-hybridized carbons (Fsp3) is 0.583. The standard InChI is InChI=1S/C12H16BrNO3/c1-7(12(15)16)9-5-14(6-9)8(2)10-3-4-11(13)17-10/h3-4,7-9H,5-6H2,1-2H3,(H,15,16). The van der Waals surface area contributed by atoms with Crippen molar-refractivity contribution in [1.82, 2.24) is 4.90 Å². The first kappa shape index (κ1) is 12.6. The highest BCUT2D eigenvalue weighted by atomic mass is 79.9. The van der Waals surface area contributed by atoms with E-state index in [-0.39, 0.29) is 17.9 Å². The zero-order valence-electron chi connectivity index (χ0n) is 9.89. The van der Waals surface area contributed by atoms with Gasteiger partial charge in [-0.25, -0.2) is 0 Å². The summed E-state index contributed by atoms with van der Waals surface area (Å²) in [5.41, 5.74) is 0. The SMILES string of the molecule is CC(C(=O)O)C1CN(C(C)c2ccc(Br)o2)C1. The molecule has 5 heteroatoms. The Kier molecular flexibility index (Phi) is 3.58. The van der Waals surface area contributed by atoms with Crippen LogP contribution in [0.25, 0.3) is 0 Å². The molecule has 4 nitrogen and oxygen atoms in total. The highest BCUT2D eigenvalue weighted by Crippen LogP contribution is 2.33. The van der Waals surface area contributed by atoms with Gasteiger partial charge in [0.25, 0.3) is 0 Å². The molecule has 0 saturated carbocycles. The van der Waals surface area contributed by atoms with E-state index in [9.17, 15) is 4.79 Å². The van der Waals surface area contributed by atoms with Crippen LogP contribution >= 0.6 is 15.9 Å². The van der Waals surface area contributed by atoms with E-state index in [2.05, 4.69) is 27.8 Å². The molecule has 0 spiro atoms. The first-order valence-electron chi connectivity index (χ1n) is 5.71. The summed E-state index contributed by atoms with van der Waals surface area (Å²) in [5, 5.41) is 8.92. The van der Waals surface area contributed by atoms with Gasteiger partial charge in [-0.15, -0.1) is 0 Å². The molecule has 1 saturated heterocycles. The summed E-state index contributed by atoms with van der Waals surface area (Å²) in [6.45, 7) is 5.51. The molecule has 2 atom stereocenters. The van der Waals surface area contributed by atoms with E-state index in [4.69, 9.17) is 9.52 Å². The highest BCUT2D eigenvalue weighted by molar-refractivity contribution is 9.10. The first-order valence-corrected chi connectivity index (χ1v) is 6.50. The number of nitrogens with zero attached hydrogens (tertiary/aromatic N) is 1. The number of furan rings is 1. The van der Waals surface area contributed by atoms with Gasteiger partial charge in [0.05, 0.1) is 12.0 Å². The maximum Gasteiger partial charge on any atom is 0.306 e. The van der Waals surface area contributed by atoms with Crippen molar-refractivity contribution in [2.24, 2.45) is 11.8 Å². The Labute approximate surface area is 109 Å². The Hall–Kier alpha value is -0.810. The van der Waals surface area contributed by atoms with Gasteiger partial charge in [-0.2, -0.15) is 0 Å². The summed E-state index contributed by atoms with van der Waals surface area (Å²) in [7, 11) is 0. The molecule has 1 fully saturated rings. The van der Waals surface area contributed by atoms with E-state index < -0.39 is 5.97 Å². The first-order chi connectivity index (χ1) is 7.99. The van der Waals surface area contributed by atoms with Crippen LogP contribution in [-0.4, -0.2) is 29.1 Å². The lowest BCUT2D eigenvalue weighted by Crippen LogP contribution is -2.51. The third kappa shape index (κ3) is 2.55. The number of aliphatic carboxylic acids is 1. The zero-order chi connectivity index (χ0) is 12.6. The van der Waals surface area contributed by atoms with E-state index in [1.165, 1.54) is 0 Å². The molecular weight excluding hydrogens is 286 g/mol. The quantitative estimate of drug-likeness (QED) is 0.929. The van der Waals surface area contributed by atoms with Crippen LogP contribution < -0.4 is 0 Å². The smallest absolute Gasteiger partial charge is 0.306 e. The third-order valence-electron chi connectivity index (χ3n) is 3.59. The van der Waals surface area contributed by atoms with Crippen LogP contribution in [-0.2, 0) is 4.79 Å². The minimum atomic E-state index is -0.706. The molecular formula is C12H16BrNO3. The van der Waals surface area contributed by atoms with Crippen LogP contribution in [0.3, 0.4) is 0 Å². The molecule has 0 aromatic carbocycles. The second-order valence-corrected chi connectivity index (χ2v) is 5.44. The molecule has 17 heavy (non-hydrogen) atoms. The number of rotatable bonds is 4. The Bertz CT molecular complexity index is 412. The second-order valence-electron chi connectivity index (χ2n) is 4.66. The van der Waals surface area contributed by atoms with Gasteiger partial charge in [0.15, 0.2) is 4.67 Å². The Morgan fingerprint density at radius 3 is 2.65 bits per heavy atom. The number of halogens is 1. The minimum absolute atomic E-state index is 0.207. The Balaban J connectivity index is 1.89. The molecule has 0 bridgehead atoms. The summed E-state index contributed by atoms with van der Waals surface area (Å²) in [5.74, 6) is 0.205. The summed E-state index contributed by atoms with van der Waals surface area (Å²) >= 11 is 3.28. The van der Waals surface area contributed by atoms with Gasteiger partial charge in [0.2, 0.25) is 0 Å². The van der Waals surface area contributed by atoms with E-state index in [1.807, 2.05) is 12.1 Å². The van der Waals surface area contributed by atoms with Crippen molar-refractivity contribution >= 4 is 21.9 Å².